The number of hydrogen-bond donors (Lipinski definition) is 3. The smallest absolute Gasteiger partial charge is 0.277 e. The first-order chi connectivity index (χ1) is 8.93. The number of nitrogens with zero attached hydrogens (tertiary/aromatic N) is 1. The van der Waals surface area contributed by atoms with E-state index in [2.05, 4.69) is 9.97 Å². The SMILES string of the molecule is NCC(F)(F)CNC(=O)c1cc(F)cc2[nH]cnc12. The van der Waals surface area contributed by atoms with Crippen molar-refractivity contribution in [2.75, 3.05) is 13.1 Å². The molecule has 1 amide bonds. The lowest BCUT2D eigenvalue weighted by Gasteiger charge is -2.14. The highest BCUT2D eigenvalue weighted by Crippen LogP contribution is 2.17. The number of imidazole rings is 1. The quantitative estimate of drug-likeness (QED) is 0.777. The van der Waals surface area contributed by atoms with Gasteiger partial charge in [-0.1, -0.05) is 0 Å². The third kappa shape index (κ3) is 2.84. The second-order valence-electron chi connectivity index (χ2n) is 3.99. The number of amides is 1. The Morgan fingerprint density at radius 1 is 1.47 bits per heavy atom. The van der Waals surface area contributed by atoms with Gasteiger partial charge in [0, 0.05) is 0 Å². The lowest BCUT2D eigenvalue weighted by atomic mass is 10.1. The number of aromatic amines is 1. The van der Waals surface area contributed by atoms with Gasteiger partial charge in [-0.25, -0.2) is 18.2 Å². The standard InChI is InChI=1S/C11H11F3N4O/c12-6-1-7(9-8(2-6)17-5-18-9)10(19)16-4-11(13,14)3-15/h1-2,5H,3-4,15H2,(H,16,19)(H,17,18). The molecule has 1 aromatic carbocycles. The monoisotopic (exact) mass is 272 g/mol. The van der Waals surface area contributed by atoms with Crippen LogP contribution in [-0.4, -0.2) is 34.9 Å². The summed E-state index contributed by atoms with van der Waals surface area (Å²) in [6.45, 7) is -1.79. The molecule has 0 spiro atoms. The molecule has 0 saturated carbocycles. The average Bonchev–Trinajstić information content (AvgIpc) is 2.83. The number of nitrogens with two attached hydrogens (primary N) is 1. The molecule has 2 rings (SSSR count). The normalized spacial score (nSPS) is 11.8. The number of fused-ring (bicyclic) bond motifs is 1. The summed E-state index contributed by atoms with van der Waals surface area (Å²) in [6, 6.07) is 2.10. The maximum Gasteiger partial charge on any atom is 0.277 e. The van der Waals surface area contributed by atoms with Crippen LogP contribution in [0.5, 0.6) is 0 Å². The first-order valence-electron chi connectivity index (χ1n) is 5.42. The van der Waals surface area contributed by atoms with E-state index in [9.17, 15) is 18.0 Å². The lowest BCUT2D eigenvalue weighted by Crippen LogP contribution is -2.41. The van der Waals surface area contributed by atoms with Crippen LogP contribution in [0.2, 0.25) is 0 Å². The van der Waals surface area contributed by atoms with E-state index in [1.54, 1.807) is 0 Å². The Morgan fingerprint density at radius 3 is 2.89 bits per heavy atom. The van der Waals surface area contributed by atoms with Crippen molar-refractivity contribution in [3.05, 3.63) is 29.8 Å². The van der Waals surface area contributed by atoms with Gasteiger partial charge in [0.05, 0.1) is 30.5 Å². The van der Waals surface area contributed by atoms with Gasteiger partial charge in [0.15, 0.2) is 0 Å². The largest absolute Gasteiger partial charge is 0.346 e. The van der Waals surface area contributed by atoms with Crippen molar-refractivity contribution in [1.82, 2.24) is 15.3 Å². The molecule has 0 radical (unpaired) electrons. The zero-order valence-electron chi connectivity index (χ0n) is 9.71. The van der Waals surface area contributed by atoms with Crippen LogP contribution in [0, 0.1) is 5.82 Å². The van der Waals surface area contributed by atoms with E-state index in [1.807, 2.05) is 5.32 Å². The molecule has 1 heterocycles. The van der Waals surface area contributed by atoms with E-state index >= 15 is 0 Å². The second kappa shape index (κ2) is 4.88. The summed E-state index contributed by atoms with van der Waals surface area (Å²) in [6.07, 6.45) is 1.29. The van der Waals surface area contributed by atoms with Crippen molar-refractivity contribution in [2.24, 2.45) is 5.73 Å². The van der Waals surface area contributed by atoms with Crippen molar-refractivity contribution in [3.8, 4) is 0 Å². The van der Waals surface area contributed by atoms with Crippen LogP contribution < -0.4 is 11.1 Å². The number of rotatable bonds is 4. The van der Waals surface area contributed by atoms with Gasteiger partial charge in [0.25, 0.3) is 11.8 Å². The van der Waals surface area contributed by atoms with Crippen LogP contribution in [0.15, 0.2) is 18.5 Å². The van der Waals surface area contributed by atoms with Gasteiger partial charge in [-0.05, 0) is 12.1 Å². The highest BCUT2D eigenvalue weighted by molar-refractivity contribution is 6.04. The summed E-state index contributed by atoms with van der Waals surface area (Å²) in [5, 5.41) is 2.01. The molecule has 0 aliphatic heterocycles. The number of hydrogen-bond acceptors (Lipinski definition) is 3. The van der Waals surface area contributed by atoms with Crippen LogP contribution in [0.25, 0.3) is 11.0 Å². The zero-order chi connectivity index (χ0) is 14.0. The molecule has 2 aromatic rings. The van der Waals surface area contributed by atoms with Crippen molar-refractivity contribution < 1.29 is 18.0 Å². The number of carbonyl (C=O) groups is 1. The lowest BCUT2D eigenvalue weighted by molar-refractivity contribution is 0.0119. The van der Waals surface area contributed by atoms with E-state index in [0.717, 1.165) is 12.1 Å². The fourth-order valence-electron chi connectivity index (χ4n) is 1.56. The molecule has 19 heavy (non-hydrogen) atoms. The van der Waals surface area contributed by atoms with Crippen molar-refractivity contribution in [3.63, 3.8) is 0 Å². The van der Waals surface area contributed by atoms with E-state index in [1.165, 1.54) is 6.33 Å². The predicted molar refractivity (Wildman–Crippen MR) is 62.4 cm³/mol. The number of alkyl halides is 2. The summed E-state index contributed by atoms with van der Waals surface area (Å²) >= 11 is 0. The number of H-pyrrole nitrogens is 1. The predicted octanol–water partition coefficient (Wildman–Crippen LogP) is 1.03. The van der Waals surface area contributed by atoms with Gasteiger partial charge in [-0.3, -0.25) is 4.79 Å². The molecule has 0 bridgehead atoms. The second-order valence-corrected chi connectivity index (χ2v) is 3.99. The molecule has 0 aliphatic rings. The molecule has 0 unspecified atom stereocenters. The van der Waals surface area contributed by atoms with Crippen LogP contribution in [0.1, 0.15) is 10.4 Å². The highest BCUT2D eigenvalue weighted by atomic mass is 19.3. The van der Waals surface area contributed by atoms with Crippen molar-refractivity contribution >= 4 is 16.9 Å². The Bertz CT molecular complexity index is 611. The zero-order valence-corrected chi connectivity index (χ0v) is 9.71. The summed E-state index contributed by atoms with van der Waals surface area (Å²) < 4.78 is 39.1. The van der Waals surface area contributed by atoms with Crippen LogP contribution in [0.4, 0.5) is 13.2 Å². The van der Waals surface area contributed by atoms with Gasteiger partial charge in [0.1, 0.15) is 11.3 Å². The van der Waals surface area contributed by atoms with Gasteiger partial charge in [-0.15, -0.1) is 0 Å². The number of aromatic nitrogens is 2. The van der Waals surface area contributed by atoms with Gasteiger partial charge < -0.3 is 16.0 Å². The van der Waals surface area contributed by atoms with E-state index in [0.29, 0.717) is 5.52 Å². The minimum Gasteiger partial charge on any atom is -0.346 e. The molecule has 0 fully saturated rings. The maximum atomic E-state index is 13.3. The number of benzene rings is 1. The molecule has 4 N–H and O–H groups in total. The summed E-state index contributed by atoms with van der Waals surface area (Å²) in [5.41, 5.74) is 5.28. The van der Waals surface area contributed by atoms with Crippen LogP contribution in [-0.2, 0) is 0 Å². The summed E-state index contributed by atoms with van der Waals surface area (Å²) in [7, 11) is 0. The number of nitrogens with one attached hydrogen (secondary N) is 2. The van der Waals surface area contributed by atoms with Gasteiger partial charge >= 0.3 is 0 Å². The fourth-order valence-corrected chi connectivity index (χ4v) is 1.56. The van der Waals surface area contributed by atoms with E-state index < -0.39 is 30.7 Å². The Labute approximate surface area is 106 Å². The Balaban J connectivity index is 2.24. The Kier molecular flexibility index (Phi) is 3.43. The van der Waals surface area contributed by atoms with E-state index in [4.69, 9.17) is 5.73 Å². The van der Waals surface area contributed by atoms with E-state index in [-0.39, 0.29) is 11.1 Å². The maximum absolute atomic E-state index is 13.3. The molecular formula is C11H11F3N4O. The van der Waals surface area contributed by atoms with Crippen LogP contribution >= 0.6 is 0 Å². The molecule has 5 nitrogen and oxygen atoms in total. The molecule has 0 atom stereocenters. The highest BCUT2D eigenvalue weighted by Gasteiger charge is 2.27. The number of halogens is 3. The fraction of sp³-hybridized carbons (Fsp3) is 0.273. The molecule has 102 valence electrons. The van der Waals surface area contributed by atoms with Crippen molar-refractivity contribution in [2.45, 2.75) is 5.92 Å². The third-order valence-corrected chi connectivity index (χ3v) is 2.54. The molecule has 1 aromatic heterocycles. The average molecular weight is 272 g/mol. The Hall–Kier alpha value is -2.09. The summed E-state index contributed by atoms with van der Waals surface area (Å²) in [4.78, 5) is 18.3. The van der Waals surface area contributed by atoms with Crippen LogP contribution in [0.3, 0.4) is 0 Å². The first-order valence-corrected chi connectivity index (χ1v) is 5.42. The third-order valence-electron chi connectivity index (χ3n) is 2.54. The minimum absolute atomic E-state index is 0.107. The number of carbonyl (C=O) groups excluding carboxylic acids is 1. The first kappa shape index (κ1) is 13.3. The molecule has 0 aliphatic carbocycles. The molecule has 8 heteroatoms. The minimum atomic E-state index is -3.20. The van der Waals surface area contributed by atoms with Gasteiger partial charge in [-0.2, -0.15) is 0 Å². The summed E-state index contributed by atoms with van der Waals surface area (Å²) in [5.74, 6) is -4.69. The van der Waals surface area contributed by atoms with Crippen molar-refractivity contribution in [1.29, 1.82) is 0 Å². The molecular weight excluding hydrogens is 261 g/mol. The topological polar surface area (TPSA) is 83.8 Å². The van der Waals surface area contributed by atoms with Gasteiger partial charge in [0.2, 0.25) is 0 Å². The Morgan fingerprint density at radius 2 is 2.21 bits per heavy atom. The molecule has 0 saturated heterocycles.